The van der Waals surface area contributed by atoms with Crippen LogP contribution in [0.2, 0.25) is 0 Å². The third-order valence-electron chi connectivity index (χ3n) is 3.84. The first-order chi connectivity index (χ1) is 14.6. The molecule has 1 amide bonds. The number of hydrogen-bond acceptors (Lipinski definition) is 8. The zero-order valence-corrected chi connectivity index (χ0v) is 17.1. The monoisotopic (exact) mass is 427 g/mol. The molecule has 0 saturated carbocycles. The average molecular weight is 427 g/mol. The highest BCUT2D eigenvalue weighted by molar-refractivity contribution is 7.99. The molecule has 0 aliphatic rings. The standard InChI is InChI=1S/C20H21N5O4S/c1-2-28-19(27)14-7-6-8-15(11-14)22-18(26)13-30-20-24-23-17(25(20)21)12-29-16-9-4-3-5-10-16/h3-11H,2,12-13,21H2,1H3,(H,22,26). The van der Waals surface area contributed by atoms with Crippen molar-refractivity contribution in [3.63, 3.8) is 0 Å². The topological polar surface area (TPSA) is 121 Å². The van der Waals surface area contributed by atoms with Crippen molar-refractivity contribution in [1.29, 1.82) is 0 Å². The van der Waals surface area contributed by atoms with Gasteiger partial charge in [-0.2, -0.15) is 0 Å². The largest absolute Gasteiger partial charge is 0.486 e. The average Bonchev–Trinajstić information content (AvgIpc) is 3.11. The summed E-state index contributed by atoms with van der Waals surface area (Å²) in [6.07, 6.45) is 0. The number of rotatable bonds is 9. The third-order valence-corrected chi connectivity index (χ3v) is 4.78. The number of amides is 1. The number of para-hydroxylation sites is 1. The number of hydrogen-bond donors (Lipinski definition) is 2. The second-order valence-corrected chi connectivity index (χ2v) is 6.95. The Kier molecular flexibility index (Phi) is 7.28. The molecule has 0 atom stereocenters. The van der Waals surface area contributed by atoms with Gasteiger partial charge in [-0.25, -0.2) is 9.47 Å². The van der Waals surface area contributed by atoms with Gasteiger partial charge in [0.25, 0.3) is 0 Å². The van der Waals surface area contributed by atoms with E-state index in [0.717, 1.165) is 11.8 Å². The lowest BCUT2D eigenvalue weighted by Crippen LogP contribution is -2.18. The molecule has 0 spiro atoms. The fourth-order valence-corrected chi connectivity index (χ4v) is 3.11. The maximum absolute atomic E-state index is 12.3. The summed E-state index contributed by atoms with van der Waals surface area (Å²) >= 11 is 1.14. The summed E-state index contributed by atoms with van der Waals surface area (Å²) in [7, 11) is 0. The smallest absolute Gasteiger partial charge is 0.338 e. The molecule has 0 saturated heterocycles. The Labute approximate surface area is 177 Å². The molecule has 10 heteroatoms. The lowest BCUT2D eigenvalue weighted by atomic mass is 10.2. The van der Waals surface area contributed by atoms with Gasteiger partial charge in [0, 0.05) is 5.69 Å². The minimum atomic E-state index is -0.440. The number of thioether (sulfide) groups is 1. The van der Waals surface area contributed by atoms with Crippen LogP contribution < -0.4 is 15.9 Å². The molecule has 0 aliphatic heterocycles. The lowest BCUT2D eigenvalue weighted by Gasteiger charge is -2.08. The number of nitrogens with two attached hydrogens (primary N) is 1. The number of nitrogens with one attached hydrogen (secondary N) is 1. The second-order valence-electron chi connectivity index (χ2n) is 6.01. The number of nitrogen functional groups attached to an aromatic ring is 1. The van der Waals surface area contributed by atoms with Crippen LogP contribution in [0.4, 0.5) is 5.69 Å². The maximum Gasteiger partial charge on any atom is 0.338 e. The van der Waals surface area contributed by atoms with Crippen LogP contribution in [-0.4, -0.2) is 39.1 Å². The summed E-state index contributed by atoms with van der Waals surface area (Å²) in [6, 6.07) is 15.8. The van der Waals surface area contributed by atoms with Crippen molar-refractivity contribution in [3.8, 4) is 5.75 Å². The molecule has 0 bridgehead atoms. The molecule has 2 aromatic carbocycles. The van der Waals surface area contributed by atoms with E-state index in [-0.39, 0.29) is 24.9 Å². The molecule has 0 radical (unpaired) electrons. The lowest BCUT2D eigenvalue weighted by molar-refractivity contribution is -0.113. The minimum Gasteiger partial charge on any atom is -0.486 e. The zero-order valence-electron chi connectivity index (χ0n) is 16.3. The molecule has 0 unspecified atom stereocenters. The first-order valence-corrected chi connectivity index (χ1v) is 10.1. The predicted molar refractivity (Wildman–Crippen MR) is 113 cm³/mol. The summed E-state index contributed by atoms with van der Waals surface area (Å²) in [5.41, 5.74) is 0.865. The van der Waals surface area contributed by atoms with Gasteiger partial charge < -0.3 is 20.6 Å². The Morgan fingerprint density at radius 1 is 1.13 bits per heavy atom. The molecule has 1 heterocycles. The first-order valence-electron chi connectivity index (χ1n) is 9.14. The molecule has 3 N–H and O–H groups in total. The van der Waals surface area contributed by atoms with Crippen molar-refractivity contribution in [1.82, 2.24) is 14.9 Å². The van der Waals surface area contributed by atoms with E-state index >= 15 is 0 Å². The number of aromatic nitrogens is 3. The Balaban J connectivity index is 1.52. The number of carbonyl (C=O) groups is 2. The van der Waals surface area contributed by atoms with E-state index in [2.05, 4.69) is 15.5 Å². The first kappa shape index (κ1) is 21.2. The molecule has 1 aromatic heterocycles. The highest BCUT2D eigenvalue weighted by Gasteiger charge is 2.14. The van der Waals surface area contributed by atoms with E-state index < -0.39 is 5.97 Å². The van der Waals surface area contributed by atoms with Gasteiger partial charge in [-0.3, -0.25) is 4.79 Å². The SMILES string of the molecule is CCOC(=O)c1cccc(NC(=O)CSc2nnc(COc3ccccc3)n2N)c1. The van der Waals surface area contributed by atoms with Crippen LogP contribution >= 0.6 is 11.8 Å². The molecule has 156 valence electrons. The van der Waals surface area contributed by atoms with Gasteiger partial charge in [-0.15, -0.1) is 10.2 Å². The van der Waals surface area contributed by atoms with Gasteiger partial charge in [0.2, 0.25) is 11.1 Å². The van der Waals surface area contributed by atoms with Gasteiger partial charge in [0.15, 0.2) is 5.82 Å². The summed E-state index contributed by atoms with van der Waals surface area (Å²) in [4.78, 5) is 24.0. The van der Waals surface area contributed by atoms with Crippen LogP contribution in [0.5, 0.6) is 5.75 Å². The van der Waals surface area contributed by atoms with Crippen LogP contribution in [0.1, 0.15) is 23.1 Å². The summed E-state index contributed by atoms with van der Waals surface area (Å²) < 4.78 is 11.9. The van der Waals surface area contributed by atoms with Crippen LogP contribution in [-0.2, 0) is 16.1 Å². The highest BCUT2D eigenvalue weighted by atomic mass is 32.2. The van der Waals surface area contributed by atoms with Gasteiger partial charge >= 0.3 is 5.97 Å². The van der Waals surface area contributed by atoms with E-state index in [9.17, 15) is 9.59 Å². The number of ether oxygens (including phenoxy) is 2. The number of nitrogens with zero attached hydrogens (tertiary/aromatic N) is 3. The Hall–Kier alpha value is -3.53. The van der Waals surface area contributed by atoms with Gasteiger partial charge in [0.05, 0.1) is 17.9 Å². The molecule has 0 fully saturated rings. The Morgan fingerprint density at radius 3 is 2.70 bits per heavy atom. The van der Waals surface area contributed by atoms with Crippen molar-refractivity contribution in [2.75, 3.05) is 23.5 Å². The molecular formula is C20H21N5O4S. The Bertz CT molecular complexity index is 1010. The van der Waals surface area contributed by atoms with E-state index in [1.54, 1.807) is 31.2 Å². The summed E-state index contributed by atoms with van der Waals surface area (Å²) in [5, 5.41) is 11.1. The Morgan fingerprint density at radius 2 is 1.93 bits per heavy atom. The van der Waals surface area contributed by atoms with E-state index in [1.165, 1.54) is 4.68 Å². The number of anilines is 1. The second kappa shape index (κ2) is 10.3. The van der Waals surface area contributed by atoms with Crippen LogP contribution in [0.25, 0.3) is 0 Å². The number of benzene rings is 2. The molecule has 0 aliphatic carbocycles. The number of esters is 1. The summed E-state index contributed by atoms with van der Waals surface area (Å²) in [6.45, 7) is 2.17. The molecule has 3 rings (SSSR count). The predicted octanol–water partition coefficient (Wildman–Crippen LogP) is 2.48. The van der Waals surface area contributed by atoms with Crippen molar-refractivity contribution < 1.29 is 19.1 Å². The van der Waals surface area contributed by atoms with Gasteiger partial charge in [-0.1, -0.05) is 36.0 Å². The molecule has 3 aromatic rings. The molecule has 9 nitrogen and oxygen atoms in total. The fraction of sp³-hybridized carbons (Fsp3) is 0.200. The third kappa shape index (κ3) is 5.74. The number of carbonyl (C=O) groups excluding carboxylic acids is 2. The van der Waals surface area contributed by atoms with Crippen molar-refractivity contribution >= 4 is 29.3 Å². The van der Waals surface area contributed by atoms with E-state index in [4.69, 9.17) is 15.3 Å². The van der Waals surface area contributed by atoms with E-state index in [1.807, 2.05) is 30.3 Å². The van der Waals surface area contributed by atoms with Crippen molar-refractivity contribution in [2.24, 2.45) is 0 Å². The van der Waals surface area contributed by atoms with Gasteiger partial charge in [0.1, 0.15) is 12.4 Å². The van der Waals surface area contributed by atoms with E-state index in [0.29, 0.717) is 28.0 Å². The highest BCUT2D eigenvalue weighted by Crippen LogP contribution is 2.17. The van der Waals surface area contributed by atoms with Crippen LogP contribution in [0.3, 0.4) is 0 Å². The fourth-order valence-electron chi connectivity index (χ4n) is 2.43. The van der Waals surface area contributed by atoms with Gasteiger partial charge in [-0.05, 0) is 37.3 Å². The van der Waals surface area contributed by atoms with Crippen molar-refractivity contribution in [3.05, 3.63) is 66.0 Å². The minimum absolute atomic E-state index is 0.0680. The normalized spacial score (nSPS) is 10.4. The quantitative estimate of drug-likeness (QED) is 0.303. The zero-order chi connectivity index (χ0) is 21.3. The summed E-state index contributed by atoms with van der Waals surface area (Å²) in [5.74, 6) is 6.48. The van der Waals surface area contributed by atoms with Crippen LogP contribution in [0, 0.1) is 0 Å². The van der Waals surface area contributed by atoms with Crippen LogP contribution in [0.15, 0.2) is 59.8 Å². The maximum atomic E-state index is 12.3. The molecule has 30 heavy (non-hydrogen) atoms. The van der Waals surface area contributed by atoms with Crippen molar-refractivity contribution in [2.45, 2.75) is 18.7 Å². The molecular weight excluding hydrogens is 406 g/mol.